The zero-order chi connectivity index (χ0) is 13.2. The lowest BCUT2D eigenvalue weighted by Gasteiger charge is -2.24. The number of aryl methyl sites for hydroxylation is 1. The molecule has 2 nitrogen and oxygen atoms in total. The number of carboxylic acid groups (broad SMARTS) is 1. The van der Waals surface area contributed by atoms with Crippen molar-refractivity contribution < 1.29 is 14.3 Å². The van der Waals surface area contributed by atoms with Crippen LogP contribution in [0.5, 0.6) is 0 Å². The van der Waals surface area contributed by atoms with Crippen molar-refractivity contribution >= 4 is 17.6 Å². The van der Waals surface area contributed by atoms with Crippen LogP contribution in [-0.2, 0) is 16.6 Å². The monoisotopic (exact) mass is 258 g/mol. The first-order valence-electron chi connectivity index (χ1n) is 5.48. The Morgan fingerprint density at radius 3 is 2.53 bits per heavy atom. The average molecular weight is 259 g/mol. The van der Waals surface area contributed by atoms with Gasteiger partial charge in [-0.15, -0.1) is 0 Å². The molecule has 0 aliphatic carbocycles. The second kappa shape index (κ2) is 5.05. The van der Waals surface area contributed by atoms with Gasteiger partial charge in [-0.25, -0.2) is 4.39 Å². The van der Waals surface area contributed by atoms with E-state index in [1.165, 1.54) is 0 Å². The van der Waals surface area contributed by atoms with Crippen molar-refractivity contribution in [2.45, 2.75) is 39.0 Å². The molecule has 4 heteroatoms. The van der Waals surface area contributed by atoms with E-state index < -0.39 is 17.2 Å². The number of hydrogen-bond donors (Lipinski definition) is 1. The van der Waals surface area contributed by atoms with Crippen molar-refractivity contribution in [3.63, 3.8) is 0 Å². The van der Waals surface area contributed by atoms with Crippen molar-refractivity contribution in [2.24, 2.45) is 0 Å². The van der Waals surface area contributed by atoms with Crippen molar-refractivity contribution in [1.29, 1.82) is 0 Å². The molecule has 0 aliphatic rings. The number of hydrogen-bond acceptors (Lipinski definition) is 1. The fraction of sp³-hybridized carbons (Fsp3) is 0.462. The third kappa shape index (κ3) is 3.19. The highest BCUT2D eigenvalue weighted by Crippen LogP contribution is 2.33. The van der Waals surface area contributed by atoms with Crippen LogP contribution in [-0.4, -0.2) is 11.1 Å². The number of rotatable bonds is 4. The summed E-state index contributed by atoms with van der Waals surface area (Å²) in [5.41, 5.74) is 0.499. The molecule has 0 amide bonds. The van der Waals surface area contributed by atoms with Gasteiger partial charge in [-0.3, -0.25) is 4.79 Å². The van der Waals surface area contributed by atoms with Crippen molar-refractivity contribution in [2.75, 3.05) is 0 Å². The van der Waals surface area contributed by atoms with Gasteiger partial charge in [0.1, 0.15) is 5.82 Å². The summed E-state index contributed by atoms with van der Waals surface area (Å²) >= 11 is 5.82. The molecular formula is C13H16ClFO2. The van der Waals surface area contributed by atoms with Crippen LogP contribution >= 0.6 is 11.6 Å². The van der Waals surface area contributed by atoms with Crippen LogP contribution < -0.4 is 0 Å². The Labute approximate surface area is 105 Å². The molecule has 17 heavy (non-hydrogen) atoms. The predicted octanol–water partition coefficient (Wildman–Crippen LogP) is 3.79. The smallest absolute Gasteiger partial charge is 0.304 e. The van der Waals surface area contributed by atoms with Gasteiger partial charge in [0.15, 0.2) is 0 Å². The van der Waals surface area contributed by atoms with E-state index in [0.29, 0.717) is 5.56 Å². The van der Waals surface area contributed by atoms with Gasteiger partial charge >= 0.3 is 5.97 Å². The van der Waals surface area contributed by atoms with Crippen molar-refractivity contribution in [1.82, 2.24) is 0 Å². The maximum absolute atomic E-state index is 13.9. The van der Waals surface area contributed by atoms with Gasteiger partial charge in [-0.1, -0.05) is 38.4 Å². The molecule has 0 fully saturated rings. The highest BCUT2D eigenvalue weighted by molar-refractivity contribution is 6.30. The predicted molar refractivity (Wildman–Crippen MR) is 66.1 cm³/mol. The highest BCUT2D eigenvalue weighted by Gasteiger charge is 2.28. The van der Waals surface area contributed by atoms with Gasteiger partial charge in [0.25, 0.3) is 0 Å². The number of aliphatic carboxylic acids is 1. The number of carboxylic acids is 1. The minimum absolute atomic E-state index is 0.0535. The number of benzene rings is 1. The maximum Gasteiger partial charge on any atom is 0.304 e. The molecule has 1 aromatic rings. The standard InChI is InChI=1S/C13H16ClFO2/c1-4-8-5-9(12(15)10(14)6-8)13(2,3)7-11(16)17/h5-6H,4,7H2,1-3H3,(H,16,17). The van der Waals surface area contributed by atoms with E-state index in [9.17, 15) is 9.18 Å². The molecule has 0 heterocycles. The van der Waals surface area contributed by atoms with Crippen LogP contribution in [0.1, 0.15) is 38.3 Å². The minimum atomic E-state index is -0.951. The van der Waals surface area contributed by atoms with E-state index in [4.69, 9.17) is 16.7 Å². The van der Waals surface area contributed by atoms with Crippen LogP contribution in [0.25, 0.3) is 0 Å². The van der Waals surface area contributed by atoms with E-state index in [1.807, 2.05) is 6.92 Å². The molecule has 1 N–H and O–H groups in total. The third-order valence-corrected chi connectivity index (χ3v) is 3.09. The summed E-state index contributed by atoms with van der Waals surface area (Å²) < 4.78 is 13.9. The van der Waals surface area contributed by atoms with Gasteiger partial charge in [0.05, 0.1) is 11.4 Å². The zero-order valence-electron chi connectivity index (χ0n) is 10.2. The molecule has 1 aromatic carbocycles. The van der Waals surface area contributed by atoms with E-state index >= 15 is 0 Å². The Morgan fingerprint density at radius 1 is 1.47 bits per heavy atom. The first kappa shape index (κ1) is 14.0. The molecule has 0 saturated carbocycles. The summed E-state index contributed by atoms with van der Waals surface area (Å²) in [6.45, 7) is 5.35. The summed E-state index contributed by atoms with van der Waals surface area (Å²) in [7, 11) is 0. The van der Waals surface area contributed by atoms with Crippen LogP contribution in [0.3, 0.4) is 0 Å². The highest BCUT2D eigenvalue weighted by atomic mass is 35.5. The number of halogens is 2. The van der Waals surface area contributed by atoms with E-state index in [0.717, 1.165) is 12.0 Å². The van der Waals surface area contributed by atoms with Crippen LogP contribution in [0, 0.1) is 5.82 Å². The molecular weight excluding hydrogens is 243 g/mol. The molecule has 0 bridgehead atoms. The first-order valence-corrected chi connectivity index (χ1v) is 5.86. The topological polar surface area (TPSA) is 37.3 Å². The Hall–Kier alpha value is -1.09. The quantitative estimate of drug-likeness (QED) is 0.892. The Balaban J connectivity index is 3.28. The van der Waals surface area contributed by atoms with E-state index in [-0.39, 0.29) is 11.4 Å². The average Bonchev–Trinajstić information content (AvgIpc) is 2.19. The molecule has 1 rings (SSSR count). The summed E-state index contributed by atoms with van der Waals surface area (Å²) in [4.78, 5) is 10.8. The molecule has 0 atom stereocenters. The Kier molecular flexibility index (Phi) is 4.15. The van der Waals surface area contributed by atoms with Gasteiger partial charge in [0, 0.05) is 5.41 Å². The SMILES string of the molecule is CCc1cc(Cl)c(F)c(C(C)(C)CC(=O)O)c1. The van der Waals surface area contributed by atoms with Gasteiger partial charge < -0.3 is 5.11 Å². The summed E-state index contributed by atoms with van der Waals surface area (Å²) in [5, 5.41) is 8.90. The van der Waals surface area contributed by atoms with Gasteiger partial charge in [-0.2, -0.15) is 0 Å². The lowest BCUT2D eigenvalue weighted by molar-refractivity contribution is -0.138. The second-order valence-corrected chi connectivity index (χ2v) is 5.15. The van der Waals surface area contributed by atoms with E-state index in [2.05, 4.69) is 0 Å². The Morgan fingerprint density at radius 2 is 2.06 bits per heavy atom. The molecule has 0 saturated heterocycles. The van der Waals surface area contributed by atoms with Gasteiger partial charge in [-0.05, 0) is 23.6 Å². The van der Waals surface area contributed by atoms with Crippen molar-refractivity contribution in [3.8, 4) is 0 Å². The summed E-state index contributed by atoms with van der Waals surface area (Å²) in [5.74, 6) is -1.47. The maximum atomic E-state index is 13.9. The lowest BCUT2D eigenvalue weighted by atomic mass is 9.80. The second-order valence-electron chi connectivity index (χ2n) is 4.75. The van der Waals surface area contributed by atoms with Gasteiger partial charge in [0.2, 0.25) is 0 Å². The molecule has 0 radical (unpaired) electrons. The largest absolute Gasteiger partial charge is 0.481 e. The van der Waals surface area contributed by atoms with Crippen molar-refractivity contribution in [3.05, 3.63) is 34.1 Å². The van der Waals surface area contributed by atoms with Crippen LogP contribution in [0.15, 0.2) is 12.1 Å². The Bertz CT molecular complexity index is 441. The molecule has 0 aromatic heterocycles. The van der Waals surface area contributed by atoms with Crippen LogP contribution in [0.4, 0.5) is 4.39 Å². The summed E-state index contributed by atoms with van der Waals surface area (Å²) in [6.07, 6.45) is 0.601. The molecule has 0 unspecified atom stereocenters. The third-order valence-electron chi connectivity index (χ3n) is 2.82. The molecule has 94 valence electrons. The summed E-state index contributed by atoms with van der Waals surface area (Å²) in [6, 6.07) is 3.28. The van der Waals surface area contributed by atoms with Crippen LogP contribution in [0.2, 0.25) is 5.02 Å². The number of carbonyl (C=O) groups is 1. The lowest BCUT2D eigenvalue weighted by Crippen LogP contribution is -2.23. The minimum Gasteiger partial charge on any atom is -0.481 e. The molecule has 0 aliphatic heterocycles. The first-order chi connectivity index (χ1) is 7.77. The zero-order valence-corrected chi connectivity index (χ0v) is 10.9. The molecule has 0 spiro atoms. The van der Waals surface area contributed by atoms with E-state index in [1.54, 1.807) is 26.0 Å². The normalized spacial score (nSPS) is 11.6. The fourth-order valence-corrected chi connectivity index (χ4v) is 2.06. The fourth-order valence-electron chi connectivity index (χ4n) is 1.82.